The minimum Gasteiger partial charge on any atom is -0.340 e. The van der Waals surface area contributed by atoms with Gasteiger partial charge in [0, 0.05) is 29.8 Å². The first-order chi connectivity index (χ1) is 9.40. The fraction of sp³-hybridized carbons (Fsp3) is 0.667. The van der Waals surface area contributed by atoms with Gasteiger partial charge in [-0.3, -0.25) is 4.79 Å². The van der Waals surface area contributed by atoms with Crippen molar-refractivity contribution in [2.45, 2.75) is 38.8 Å². The van der Waals surface area contributed by atoms with Crippen molar-refractivity contribution in [3.63, 3.8) is 0 Å². The van der Waals surface area contributed by atoms with Crippen molar-refractivity contribution in [1.82, 2.24) is 14.4 Å². The van der Waals surface area contributed by atoms with Gasteiger partial charge in [0.1, 0.15) is 5.69 Å². The summed E-state index contributed by atoms with van der Waals surface area (Å²) in [6, 6.07) is 2.56. The number of carbonyl (C=O) groups excluding carboxylic acids is 1. The van der Waals surface area contributed by atoms with E-state index in [1.54, 1.807) is 0 Å². The topological polar surface area (TPSA) is 28.5 Å². The molecule has 20 heavy (non-hydrogen) atoms. The summed E-state index contributed by atoms with van der Waals surface area (Å²) < 4.78 is 3.00. The molecule has 0 bridgehead atoms. The SMILES string of the molecule is CC(C)n1cc(Br)cc1C(=O)N(C)C1CCN(C)CC1. The highest BCUT2D eigenvalue weighted by Gasteiger charge is 2.26. The van der Waals surface area contributed by atoms with Crippen LogP contribution in [0.15, 0.2) is 16.7 Å². The maximum absolute atomic E-state index is 12.7. The number of rotatable bonds is 3. The monoisotopic (exact) mass is 341 g/mol. The van der Waals surface area contributed by atoms with Crippen LogP contribution in [0.4, 0.5) is 0 Å². The molecule has 0 saturated carbocycles. The van der Waals surface area contributed by atoms with Crippen molar-refractivity contribution >= 4 is 21.8 Å². The molecular formula is C15H24BrN3O. The van der Waals surface area contributed by atoms with Gasteiger partial charge in [-0.25, -0.2) is 0 Å². The zero-order valence-electron chi connectivity index (χ0n) is 12.8. The van der Waals surface area contributed by atoms with Gasteiger partial charge in [0.15, 0.2) is 0 Å². The summed E-state index contributed by atoms with van der Waals surface area (Å²) in [5.74, 6) is 0.124. The third-order valence-electron chi connectivity index (χ3n) is 4.15. The van der Waals surface area contributed by atoms with E-state index in [1.807, 2.05) is 28.8 Å². The molecule has 0 atom stereocenters. The molecule has 0 N–H and O–H groups in total. The molecule has 1 fully saturated rings. The van der Waals surface area contributed by atoms with Gasteiger partial charge in [-0.1, -0.05) is 0 Å². The molecule has 0 spiro atoms. The maximum atomic E-state index is 12.7. The van der Waals surface area contributed by atoms with Gasteiger partial charge in [0.25, 0.3) is 5.91 Å². The molecule has 0 unspecified atom stereocenters. The summed E-state index contributed by atoms with van der Waals surface area (Å²) in [5, 5.41) is 0. The lowest BCUT2D eigenvalue weighted by molar-refractivity contribution is 0.0647. The number of amides is 1. The second-order valence-corrected chi connectivity index (χ2v) is 6.91. The van der Waals surface area contributed by atoms with Crippen LogP contribution in [-0.2, 0) is 0 Å². The summed E-state index contributed by atoms with van der Waals surface area (Å²) in [6.07, 6.45) is 4.10. The molecule has 0 radical (unpaired) electrons. The number of nitrogens with zero attached hydrogens (tertiary/aromatic N) is 3. The van der Waals surface area contributed by atoms with E-state index in [0.717, 1.165) is 36.1 Å². The lowest BCUT2D eigenvalue weighted by Gasteiger charge is -2.35. The van der Waals surface area contributed by atoms with E-state index in [9.17, 15) is 4.79 Å². The molecule has 1 aliphatic rings. The first-order valence-electron chi connectivity index (χ1n) is 7.23. The van der Waals surface area contributed by atoms with Gasteiger partial charge in [0.2, 0.25) is 0 Å². The van der Waals surface area contributed by atoms with Crippen molar-refractivity contribution in [2.24, 2.45) is 0 Å². The van der Waals surface area contributed by atoms with Gasteiger partial charge in [-0.2, -0.15) is 0 Å². The third-order valence-corrected chi connectivity index (χ3v) is 4.58. The van der Waals surface area contributed by atoms with E-state index in [1.165, 1.54) is 0 Å². The minimum atomic E-state index is 0.124. The number of piperidine rings is 1. The quantitative estimate of drug-likeness (QED) is 0.845. The highest BCUT2D eigenvalue weighted by Crippen LogP contribution is 2.23. The average molecular weight is 342 g/mol. The Balaban J connectivity index is 2.14. The summed E-state index contributed by atoms with van der Waals surface area (Å²) in [7, 11) is 4.07. The van der Waals surface area contributed by atoms with Crippen LogP contribution in [-0.4, -0.2) is 53.5 Å². The maximum Gasteiger partial charge on any atom is 0.270 e. The number of hydrogen-bond acceptors (Lipinski definition) is 2. The van der Waals surface area contributed by atoms with Crippen LogP contribution in [0.25, 0.3) is 0 Å². The molecule has 112 valence electrons. The Morgan fingerprint density at radius 3 is 2.55 bits per heavy atom. The fourth-order valence-electron chi connectivity index (χ4n) is 2.77. The molecule has 1 saturated heterocycles. The van der Waals surface area contributed by atoms with Gasteiger partial charge in [-0.05, 0) is 68.8 Å². The highest BCUT2D eigenvalue weighted by molar-refractivity contribution is 9.10. The standard InChI is InChI=1S/C15H24BrN3O/c1-11(2)19-10-12(16)9-14(19)15(20)18(4)13-5-7-17(3)8-6-13/h9-11,13H,5-8H2,1-4H3. The lowest BCUT2D eigenvalue weighted by atomic mass is 10.0. The zero-order valence-corrected chi connectivity index (χ0v) is 14.4. The molecular weight excluding hydrogens is 318 g/mol. The van der Waals surface area contributed by atoms with Crippen LogP contribution in [0, 0.1) is 0 Å². The predicted molar refractivity (Wildman–Crippen MR) is 85.1 cm³/mol. The summed E-state index contributed by atoms with van der Waals surface area (Å²) in [5.41, 5.74) is 0.772. The van der Waals surface area contributed by atoms with Gasteiger partial charge < -0.3 is 14.4 Å². The molecule has 0 aliphatic carbocycles. The van der Waals surface area contributed by atoms with E-state index in [-0.39, 0.29) is 11.9 Å². The van der Waals surface area contributed by atoms with Crippen LogP contribution in [0.1, 0.15) is 43.2 Å². The molecule has 1 aromatic heterocycles. The van der Waals surface area contributed by atoms with Crippen molar-refractivity contribution in [1.29, 1.82) is 0 Å². The van der Waals surface area contributed by atoms with Crippen molar-refractivity contribution in [2.75, 3.05) is 27.2 Å². The fourth-order valence-corrected chi connectivity index (χ4v) is 3.21. The van der Waals surface area contributed by atoms with Gasteiger partial charge in [-0.15, -0.1) is 0 Å². The summed E-state index contributed by atoms with van der Waals surface area (Å²) in [6.45, 7) is 6.33. The Morgan fingerprint density at radius 1 is 1.40 bits per heavy atom. The van der Waals surface area contributed by atoms with Crippen molar-refractivity contribution in [3.8, 4) is 0 Å². The lowest BCUT2D eigenvalue weighted by Crippen LogP contribution is -2.44. The first-order valence-corrected chi connectivity index (χ1v) is 8.02. The predicted octanol–water partition coefficient (Wildman–Crippen LogP) is 3.00. The van der Waals surface area contributed by atoms with Crippen LogP contribution >= 0.6 is 15.9 Å². The van der Waals surface area contributed by atoms with Crippen LogP contribution < -0.4 is 0 Å². The number of aromatic nitrogens is 1. The number of halogens is 1. The second kappa shape index (κ2) is 6.31. The average Bonchev–Trinajstić information content (AvgIpc) is 2.80. The van der Waals surface area contributed by atoms with Crippen LogP contribution in [0.2, 0.25) is 0 Å². The molecule has 4 nitrogen and oxygen atoms in total. The number of likely N-dealkylation sites (tertiary alicyclic amines) is 1. The Kier molecular flexibility index (Phi) is 4.91. The molecule has 1 aromatic rings. The van der Waals surface area contributed by atoms with E-state index in [4.69, 9.17) is 0 Å². The summed E-state index contributed by atoms with van der Waals surface area (Å²) in [4.78, 5) is 17.0. The first kappa shape index (κ1) is 15.6. The van der Waals surface area contributed by atoms with Crippen molar-refractivity contribution in [3.05, 3.63) is 22.4 Å². The Labute approximate surface area is 129 Å². The zero-order chi connectivity index (χ0) is 14.9. The van der Waals surface area contributed by atoms with Crippen LogP contribution in [0.3, 0.4) is 0 Å². The highest BCUT2D eigenvalue weighted by atomic mass is 79.9. The Morgan fingerprint density at radius 2 is 2.00 bits per heavy atom. The van der Waals surface area contributed by atoms with E-state index >= 15 is 0 Å². The normalized spacial score (nSPS) is 17.7. The second-order valence-electron chi connectivity index (χ2n) is 6.00. The molecule has 2 heterocycles. The third kappa shape index (κ3) is 3.26. The smallest absolute Gasteiger partial charge is 0.270 e. The van der Waals surface area contributed by atoms with Crippen LogP contribution in [0.5, 0.6) is 0 Å². The molecule has 1 aliphatic heterocycles. The van der Waals surface area contributed by atoms with E-state index < -0.39 is 0 Å². The number of carbonyl (C=O) groups is 1. The van der Waals surface area contributed by atoms with E-state index in [2.05, 4.69) is 41.7 Å². The largest absolute Gasteiger partial charge is 0.340 e. The molecule has 0 aromatic carbocycles. The van der Waals surface area contributed by atoms with Crippen molar-refractivity contribution < 1.29 is 4.79 Å². The summed E-state index contributed by atoms with van der Waals surface area (Å²) >= 11 is 3.47. The molecule has 5 heteroatoms. The van der Waals surface area contributed by atoms with Gasteiger partial charge >= 0.3 is 0 Å². The van der Waals surface area contributed by atoms with Gasteiger partial charge in [0.05, 0.1) is 0 Å². The Bertz CT molecular complexity index is 475. The molecule has 2 rings (SSSR count). The number of hydrogen-bond donors (Lipinski definition) is 0. The molecule has 1 amide bonds. The Hall–Kier alpha value is -0.810. The minimum absolute atomic E-state index is 0.124. The van der Waals surface area contributed by atoms with E-state index in [0.29, 0.717) is 6.04 Å².